The zero-order chi connectivity index (χ0) is 20.0. The third kappa shape index (κ3) is 5.59. The number of benzene rings is 1. The monoisotopic (exact) mass is 438 g/mol. The number of thiophene rings is 1. The van der Waals surface area contributed by atoms with Crippen LogP contribution in [0.15, 0.2) is 46.7 Å². The van der Waals surface area contributed by atoms with E-state index in [1.54, 1.807) is 39.5 Å². The molecule has 1 fully saturated rings. The highest BCUT2D eigenvalue weighted by Gasteiger charge is 2.28. The maximum absolute atomic E-state index is 12.7. The molecule has 0 unspecified atom stereocenters. The molecule has 1 amide bonds. The number of hydrogen-bond acceptors (Lipinski definition) is 5. The van der Waals surface area contributed by atoms with Crippen LogP contribution >= 0.6 is 23.1 Å². The average molecular weight is 439 g/mol. The van der Waals surface area contributed by atoms with Gasteiger partial charge in [-0.3, -0.25) is 4.79 Å². The fourth-order valence-electron chi connectivity index (χ4n) is 3.06. The minimum Gasteiger partial charge on any atom is -0.351 e. The lowest BCUT2D eigenvalue weighted by Gasteiger charge is -2.29. The molecule has 5 nitrogen and oxygen atoms in total. The summed E-state index contributed by atoms with van der Waals surface area (Å²) in [6.45, 7) is 3.86. The Morgan fingerprint density at radius 3 is 2.57 bits per heavy atom. The Morgan fingerprint density at radius 2 is 1.93 bits per heavy atom. The largest absolute Gasteiger partial charge is 0.351 e. The standard InChI is InChI=1S/C20H26N2O3S3/c1-16-8-11-22(12-9-16)28(24,25)19-6-4-17(5-7-19)20(23)21-10-14-26-15-18-3-2-13-27-18/h2-7,13,16H,8-12,14-15H2,1H3,(H,21,23). The molecule has 1 aliphatic rings. The molecule has 2 heterocycles. The van der Waals surface area contributed by atoms with Crippen LogP contribution in [0.1, 0.15) is 35.0 Å². The number of carbonyl (C=O) groups excluding carboxylic acids is 1. The van der Waals surface area contributed by atoms with Crippen LogP contribution in [0.5, 0.6) is 0 Å². The van der Waals surface area contributed by atoms with Crippen molar-refractivity contribution in [1.82, 2.24) is 9.62 Å². The zero-order valence-corrected chi connectivity index (χ0v) is 18.4. The van der Waals surface area contributed by atoms with Gasteiger partial charge in [0.1, 0.15) is 0 Å². The van der Waals surface area contributed by atoms with Crippen LogP contribution in [0.4, 0.5) is 0 Å². The van der Waals surface area contributed by atoms with E-state index in [1.807, 2.05) is 6.07 Å². The van der Waals surface area contributed by atoms with Crippen molar-refractivity contribution in [2.75, 3.05) is 25.4 Å². The SMILES string of the molecule is CC1CCN(S(=O)(=O)c2ccc(C(=O)NCCSCc3cccs3)cc2)CC1. The third-order valence-corrected chi connectivity index (χ3v) is 8.83. The fraction of sp³-hybridized carbons (Fsp3) is 0.450. The van der Waals surface area contributed by atoms with Crippen LogP contribution in [0.3, 0.4) is 0 Å². The molecule has 28 heavy (non-hydrogen) atoms. The van der Waals surface area contributed by atoms with E-state index < -0.39 is 10.0 Å². The Morgan fingerprint density at radius 1 is 1.21 bits per heavy atom. The van der Waals surface area contributed by atoms with Gasteiger partial charge in [-0.1, -0.05) is 13.0 Å². The molecule has 0 spiro atoms. The van der Waals surface area contributed by atoms with Gasteiger partial charge in [-0.25, -0.2) is 8.42 Å². The summed E-state index contributed by atoms with van der Waals surface area (Å²) in [5, 5.41) is 4.95. The van der Waals surface area contributed by atoms with E-state index in [0.717, 1.165) is 24.3 Å². The van der Waals surface area contributed by atoms with E-state index in [1.165, 1.54) is 17.0 Å². The van der Waals surface area contributed by atoms with Gasteiger partial charge in [-0.15, -0.1) is 11.3 Å². The first-order valence-electron chi connectivity index (χ1n) is 9.45. The van der Waals surface area contributed by atoms with Crippen LogP contribution in [0, 0.1) is 5.92 Å². The number of hydrogen-bond donors (Lipinski definition) is 1. The summed E-state index contributed by atoms with van der Waals surface area (Å²) < 4.78 is 27.0. The maximum Gasteiger partial charge on any atom is 0.251 e. The highest BCUT2D eigenvalue weighted by atomic mass is 32.2. The zero-order valence-electron chi connectivity index (χ0n) is 16.0. The van der Waals surface area contributed by atoms with Crippen molar-refractivity contribution in [2.24, 2.45) is 5.92 Å². The van der Waals surface area contributed by atoms with Crippen LogP contribution in [-0.2, 0) is 15.8 Å². The summed E-state index contributed by atoms with van der Waals surface area (Å²) in [4.78, 5) is 13.8. The number of sulfonamides is 1. The molecule has 1 N–H and O–H groups in total. The molecule has 0 aliphatic carbocycles. The summed E-state index contributed by atoms with van der Waals surface area (Å²) in [7, 11) is -3.47. The van der Waals surface area contributed by atoms with Crippen LogP contribution in [0.2, 0.25) is 0 Å². The van der Waals surface area contributed by atoms with Gasteiger partial charge in [0.15, 0.2) is 0 Å². The number of nitrogens with zero attached hydrogens (tertiary/aromatic N) is 1. The highest BCUT2D eigenvalue weighted by molar-refractivity contribution is 7.98. The van der Waals surface area contributed by atoms with E-state index in [2.05, 4.69) is 23.7 Å². The van der Waals surface area contributed by atoms with Crippen molar-refractivity contribution < 1.29 is 13.2 Å². The first-order valence-corrected chi connectivity index (χ1v) is 12.9. The molecule has 1 saturated heterocycles. The van der Waals surface area contributed by atoms with Gasteiger partial charge >= 0.3 is 0 Å². The molecule has 1 aromatic carbocycles. The van der Waals surface area contributed by atoms with Gasteiger partial charge in [-0.2, -0.15) is 16.1 Å². The predicted octanol–water partition coefficient (Wildman–Crippen LogP) is 3.83. The average Bonchev–Trinajstić information content (AvgIpc) is 3.21. The molecule has 1 aliphatic heterocycles. The van der Waals surface area contributed by atoms with Crippen molar-refractivity contribution in [1.29, 1.82) is 0 Å². The van der Waals surface area contributed by atoms with E-state index in [-0.39, 0.29) is 10.8 Å². The lowest BCUT2D eigenvalue weighted by Crippen LogP contribution is -2.37. The molecule has 1 aromatic heterocycles. The van der Waals surface area contributed by atoms with E-state index >= 15 is 0 Å². The van der Waals surface area contributed by atoms with Crippen molar-refractivity contribution in [3.63, 3.8) is 0 Å². The second-order valence-electron chi connectivity index (χ2n) is 7.00. The number of amides is 1. The normalized spacial score (nSPS) is 16.2. The van der Waals surface area contributed by atoms with Crippen molar-refractivity contribution in [3.8, 4) is 0 Å². The van der Waals surface area contributed by atoms with Crippen molar-refractivity contribution in [3.05, 3.63) is 52.2 Å². The minimum absolute atomic E-state index is 0.174. The lowest BCUT2D eigenvalue weighted by molar-refractivity contribution is 0.0956. The predicted molar refractivity (Wildman–Crippen MR) is 116 cm³/mol. The van der Waals surface area contributed by atoms with Gasteiger partial charge in [-0.05, 0) is 54.5 Å². The van der Waals surface area contributed by atoms with Crippen molar-refractivity contribution >= 4 is 39.0 Å². The van der Waals surface area contributed by atoms with Gasteiger partial charge in [0, 0.05) is 41.6 Å². The first kappa shape index (κ1) is 21.4. The topological polar surface area (TPSA) is 66.5 Å². The molecule has 0 radical (unpaired) electrons. The molecule has 152 valence electrons. The number of carbonyl (C=O) groups is 1. The fourth-order valence-corrected chi connectivity index (χ4v) is 6.23. The van der Waals surface area contributed by atoms with Gasteiger partial charge in [0.25, 0.3) is 5.91 Å². The number of piperidine rings is 1. The molecular formula is C20H26N2O3S3. The van der Waals surface area contributed by atoms with Gasteiger partial charge in [0.05, 0.1) is 4.90 Å². The second-order valence-corrected chi connectivity index (χ2v) is 11.1. The Kier molecular flexibility index (Phi) is 7.56. The Labute approximate surface area is 175 Å². The second kappa shape index (κ2) is 9.91. The summed E-state index contributed by atoms with van der Waals surface area (Å²) >= 11 is 3.52. The van der Waals surface area contributed by atoms with E-state index in [4.69, 9.17) is 0 Å². The summed E-state index contributed by atoms with van der Waals surface area (Å²) in [6.07, 6.45) is 1.79. The van der Waals surface area contributed by atoms with Crippen LogP contribution in [-0.4, -0.2) is 44.0 Å². The maximum atomic E-state index is 12.7. The molecule has 0 saturated carbocycles. The Balaban J connectivity index is 1.48. The summed E-state index contributed by atoms with van der Waals surface area (Å²) in [6, 6.07) is 10.4. The third-order valence-electron chi connectivity index (χ3n) is 4.85. The Hall–Kier alpha value is -1.35. The highest BCUT2D eigenvalue weighted by Crippen LogP contribution is 2.23. The smallest absolute Gasteiger partial charge is 0.251 e. The first-order chi connectivity index (χ1) is 13.5. The quantitative estimate of drug-likeness (QED) is 0.636. The molecule has 8 heteroatoms. The molecule has 0 atom stereocenters. The van der Waals surface area contributed by atoms with Gasteiger partial charge in [0.2, 0.25) is 10.0 Å². The number of thioether (sulfide) groups is 1. The van der Waals surface area contributed by atoms with E-state index in [0.29, 0.717) is 31.1 Å². The number of nitrogens with one attached hydrogen (secondary N) is 1. The molecule has 2 aromatic rings. The van der Waals surface area contributed by atoms with E-state index in [9.17, 15) is 13.2 Å². The Bertz CT molecular complexity index is 857. The minimum atomic E-state index is -3.47. The summed E-state index contributed by atoms with van der Waals surface area (Å²) in [5.74, 6) is 2.19. The lowest BCUT2D eigenvalue weighted by atomic mass is 10.0. The summed E-state index contributed by atoms with van der Waals surface area (Å²) in [5.41, 5.74) is 0.481. The van der Waals surface area contributed by atoms with Crippen molar-refractivity contribution in [2.45, 2.75) is 30.4 Å². The molecular weight excluding hydrogens is 412 g/mol. The van der Waals surface area contributed by atoms with Crippen LogP contribution < -0.4 is 5.32 Å². The number of rotatable bonds is 8. The molecule has 0 bridgehead atoms. The van der Waals surface area contributed by atoms with Gasteiger partial charge < -0.3 is 5.32 Å². The van der Waals surface area contributed by atoms with Crippen LogP contribution in [0.25, 0.3) is 0 Å². The molecule has 3 rings (SSSR count).